The second kappa shape index (κ2) is 6.88. The van der Waals surface area contributed by atoms with E-state index in [-0.39, 0.29) is 5.91 Å². The third-order valence-electron chi connectivity index (χ3n) is 3.31. The van der Waals surface area contributed by atoms with E-state index in [0.29, 0.717) is 5.56 Å². The van der Waals surface area contributed by atoms with E-state index in [1.54, 1.807) is 30.4 Å². The standard InChI is InChI=1S/C17H21N3O/c1-4-9-19-16-12-18-10-8-15(16)17(21)20(3)14-7-5-6-13(2)11-14/h5-8,10-12,19H,4,9H2,1-3H3. The van der Waals surface area contributed by atoms with Gasteiger partial charge in [0.05, 0.1) is 17.4 Å². The highest BCUT2D eigenvalue weighted by atomic mass is 16.2. The van der Waals surface area contributed by atoms with Crippen molar-refractivity contribution < 1.29 is 4.79 Å². The van der Waals surface area contributed by atoms with Crippen LogP contribution in [0.3, 0.4) is 0 Å². The number of benzene rings is 1. The average Bonchev–Trinajstić information content (AvgIpc) is 2.51. The van der Waals surface area contributed by atoms with E-state index in [4.69, 9.17) is 0 Å². The molecule has 0 bridgehead atoms. The molecule has 2 rings (SSSR count). The van der Waals surface area contributed by atoms with E-state index < -0.39 is 0 Å². The normalized spacial score (nSPS) is 10.2. The summed E-state index contributed by atoms with van der Waals surface area (Å²) in [4.78, 5) is 18.5. The summed E-state index contributed by atoms with van der Waals surface area (Å²) in [6.45, 7) is 4.92. The zero-order valence-electron chi connectivity index (χ0n) is 12.8. The Labute approximate surface area is 125 Å². The lowest BCUT2D eigenvalue weighted by molar-refractivity contribution is 0.0993. The van der Waals surface area contributed by atoms with Gasteiger partial charge in [-0.1, -0.05) is 19.1 Å². The van der Waals surface area contributed by atoms with E-state index >= 15 is 0 Å². The molecule has 4 nitrogen and oxygen atoms in total. The van der Waals surface area contributed by atoms with Gasteiger partial charge in [0.25, 0.3) is 5.91 Å². The molecule has 110 valence electrons. The highest BCUT2D eigenvalue weighted by Gasteiger charge is 2.17. The summed E-state index contributed by atoms with van der Waals surface area (Å²) in [5, 5.41) is 3.25. The number of rotatable bonds is 5. The molecule has 0 aliphatic rings. The first-order valence-electron chi connectivity index (χ1n) is 7.16. The molecule has 0 aliphatic carbocycles. The summed E-state index contributed by atoms with van der Waals surface area (Å²) in [6, 6.07) is 9.66. The molecule has 0 radical (unpaired) electrons. The van der Waals surface area contributed by atoms with Gasteiger partial charge in [0.1, 0.15) is 0 Å². The van der Waals surface area contributed by atoms with Gasteiger partial charge in [0.15, 0.2) is 0 Å². The van der Waals surface area contributed by atoms with Crippen LogP contribution < -0.4 is 10.2 Å². The van der Waals surface area contributed by atoms with Gasteiger partial charge in [-0.15, -0.1) is 0 Å². The van der Waals surface area contributed by atoms with Gasteiger partial charge in [-0.05, 0) is 37.1 Å². The number of hydrogen-bond donors (Lipinski definition) is 1. The number of amides is 1. The molecule has 0 aliphatic heterocycles. The molecule has 0 atom stereocenters. The average molecular weight is 283 g/mol. The van der Waals surface area contributed by atoms with Crippen LogP contribution >= 0.6 is 0 Å². The van der Waals surface area contributed by atoms with Crippen molar-refractivity contribution in [2.24, 2.45) is 0 Å². The Kier molecular flexibility index (Phi) is 4.93. The van der Waals surface area contributed by atoms with Crippen molar-refractivity contribution in [2.75, 3.05) is 23.8 Å². The maximum Gasteiger partial charge on any atom is 0.260 e. The zero-order chi connectivity index (χ0) is 15.2. The number of nitrogens with one attached hydrogen (secondary N) is 1. The predicted molar refractivity (Wildman–Crippen MR) is 86.9 cm³/mol. The number of carbonyl (C=O) groups excluding carboxylic acids is 1. The fourth-order valence-electron chi connectivity index (χ4n) is 2.12. The first-order chi connectivity index (χ1) is 10.1. The van der Waals surface area contributed by atoms with Crippen molar-refractivity contribution >= 4 is 17.3 Å². The van der Waals surface area contributed by atoms with E-state index in [2.05, 4.69) is 17.2 Å². The highest BCUT2D eigenvalue weighted by Crippen LogP contribution is 2.20. The molecule has 21 heavy (non-hydrogen) atoms. The van der Waals surface area contributed by atoms with Gasteiger partial charge in [-0.25, -0.2) is 0 Å². The van der Waals surface area contributed by atoms with Crippen molar-refractivity contribution in [3.63, 3.8) is 0 Å². The smallest absolute Gasteiger partial charge is 0.260 e. The molecule has 1 aromatic heterocycles. The second-order valence-corrected chi connectivity index (χ2v) is 5.05. The van der Waals surface area contributed by atoms with Crippen LogP contribution in [0.1, 0.15) is 29.3 Å². The first kappa shape index (κ1) is 15.0. The molecule has 4 heteroatoms. The predicted octanol–water partition coefficient (Wildman–Crippen LogP) is 3.49. The van der Waals surface area contributed by atoms with Crippen molar-refractivity contribution in [2.45, 2.75) is 20.3 Å². The SMILES string of the molecule is CCCNc1cnccc1C(=O)N(C)c1cccc(C)c1. The maximum atomic E-state index is 12.7. The van der Waals surface area contributed by atoms with Crippen LogP contribution in [0.2, 0.25) is 0 Å². The number of anilines is 2. The summed E-state index contributed by atoms with van der Waals surface area (Å²) < 4.78 is 0. The number of nitrogens with zero attached hydrogens (tertiary/aromatic N) is 2. The highest BCUT2D eigenvalue weighted by molar-refractivity contribution is 6.09. The molecule has 2 aromatic rings. The molecular weight excluding hydrogens is 262 g/mol. The third kappa shape index (κ3) is 3.60. The molecule has 0 fully saturated rings. The van der Waals surface area contributed by atoms with Crippen molar-refractivity contribution in [1.29, 1.82) is 0 Å². The molecule has 0 saturated heterocycles. The Hall–Kier alpha value is -2.36. The van der Waals surface area contributed by atoms with Crippen LogP contribution in [0.15, 0.2) is 42.7 Å². The Balaban J connectivity index is 2.27. The Morgan fingerprint density at radius 3 is 2.86 bits per heavy atom. The second-order valence-electron chi connectivity index (χ2n) is 5.05. The van der Waals surface area contributed by atoms with Gasteiger partial charge in [-0.2, -0.15) is 0 Å². The van der Waals surface area contributed by atoms with Gasteiger partial charge < -0.3 is 10.2 Å². The van der Waals surface area contributed by atoms with Crippen molar-refractivity contribution in [3.05, 3.63) is 53.9 Å². The van der Waals surface area contributed by atoms with Crippen molar-refractivity contribution in [3.8, 4) is 0 Å². The summed E-state index contributed by atoms with van der Waals surface area (Å²) in [5.41, 5.74) is 3.44. The van der Waals surface area contributed by atoms with E-state index in [0.717, 1.165) is 29.9 Å². The Morgan fingerprint density at radius 1 is 1.33 bits per heavy atom. The zero-order valence-corrected chi connectivity index (χ0v) is 12.8. The molecule has 1 N–H and O–H groups in total. The minimum absolute atomic E-state index is 0.0402. The quantitative estimate of drug-likeness (QED) is 0.913. The number of aromatic nitrogens is 1. The number of hydrogen-bond acceptors (Lipinski definition) is 3. The summed E-state index contributed by atoms with van der Waals surface area (Å²) >= 11 is 0. The fourth-order valence-corrected chi connectivity index (χ4v) is 2.12. The molecule has 0 unspecified atom stereocenters. The van der Waals surface area contributed by atoms with Crippen LogP contribution in [-0.4, -0.2) is 24.5 Å². The topological polar surface area (TPSA) is 45.2 Å². The fraction of sp³-hybridized carbons (Fsp3) is 0.294. The summed E-state index contributed by atoms with van der Waals surface area (Å²) in [5.74, 6) is -0.0402. The van der Waals surface area contributed by atoms with E-state index in [1.807, 2.05) is 31.2 Å². The van der Waals surface area contributed by atoms with Crippen LogP contribution in [0, 0.1) is 6.92 Å². The summed E-state index contributed by atoms with van der Waals surface area (Å²) in [6.07, 6.45) is 4.34. The largest absolute Gasteiger partial charge is 0.383 e. The summed E-state index contributed by atoms with van der Waals surface area (Å²) in [7, 11) is 1.79. The van der Waals surface area contributed by atoms with Gasteiger partial charge in [0.2, 0.25) is 0 Å². The first-order valence-corrected chi connectivity index (χ1v) is 7.16. The monoisotopic (exact) mass is 283 g/mol. The Morgan fingerprint density at radius 2 is 2.14 bits per heavy atom. The Bertz CT molecular complexity index is 625. The van der Waals surface area contributed by atoms with E-state index in [9.17, 15) is 4.79 Å². The lowest BCUT2D eigenvalue weighted by atomic mass is 10.1. The third-order valence-corrected chi connectivity index (χ3v) is 3.31. The van der Waals surface area contributed by atoms with E-state index in [1.165, 1.54) is 0 Å². The van der Waals surface area contributed by atoms with Crippen molar-refractivity contribution in [1.82, 2.24) is 4.98 Å². The molecule has 0 spiro atoms. The van der Waals surface area contributed by atoms with Crippen LogP contribution in [0.4, 0.5) is 11.4 Å². The number of pyridine rings is 1. The van der Waals surface area contributed by atoms with Crippen LogP contribution in [0.5, 0.6) is 0 Å². The van der Waals surface area contributed by atoms with Crippen LogP contribution in [-0.2, 0) is 0 Å². The molecular formula is C17H21N3O. The van der Waals surface area contributed by atoms with Gasteiger partial charge in [0, 0.05) is 25.5 Å². The minimum atomic E-state index is -0.0402. The molecule has 1 aromatic carbocycles. The molecule has 1 amide bonds. The van der Waals surface area contributed by atoms with Crippen LogP contribution in [0.25, 0.3) is 0 Å². The molecule has 0 saturated carbocycles. The maximum absolute atomic E-state index is 12.7. The van der Waals surface area contributed by atoms with Gasteiger partial charge >= 0.3 is 0 Å². The lowest BCUT2D eigenvalue weighted by Crippen LogP contribution is -2.27. The molecule has 1 heterocycles. The number of aryl methyl sites for hydroxylation is 1. The lowest BCUT2D eigenvalue weighted by Gasteiger charge is -2.19. The number of carbonyl (C=O) groups is 1. The minimum Gasteiger partial charge on any atom is -0.383 e. The van der Waals surface area contributed by atoms with Gasteiger partial charge in [-0.3, -0.25) is 9.78 Å².